The normalized spacial score (nSPS) is 36.8. The fraction of sp³-hybridized carbons (Fsp3) is 0.636. The molecule has 4 nitrogen and oxygen atoms in total. The second-order valence-corrected chi connectivity index (χ2v) is 13.1. The Hall–Kier alpha value is -2.04. The summed E-state index contributed by atoms with van der Waals surface area (Å²) in [6, 6.07) is 13.5. The molecule has 0 amide bonds. The van der Waals surface area contributed by atoms with E-state index >= 15 is 0 Å². The van der Waals surface area contributed by atoms with Crippen LogP contribution in [0.2, 0.25) is 0 Å². The maximum Gasteiger partial charge on any atom is 0.119 e. The molecule has 6 unspecified atom stereocenters. The smallest absolute Gasteiger partial charge is 0.119 e. The molecule has 0 aromatic heterocycles. The van der Waals surface area contributed by atoms with E-state index in [1.165, 1.54) is 83.1 Å². The molecule has 8 rings (SSSR count). The molecule has 6 aliphatic rings. The van der Waals surface area contributed by atoms with Crippen molar-refractivity contribution in [1.82, 2.24) is 10.2 Å². The van der Waals surface area contributed by atoms with Crippen LogP contribution < -0.4 is 14.8 Å². The van der Waals surface area contributed by atoms with Crippen molar-refractivity contribution in [3.05, 3.63) is 58.7 Å². The molecular formula is C33H44N2O2. The van der Waals surface area contributed by atoms with Crippen molar-refractivity contribution in [2.24, 2.45) is 22.7 Å². The first-order valence-corrected chi connectivity index (χ1v) is 14.8. The number of nitrogens with one attached hydrogen (secondary N) is 1. The highest BCUT2D eigenvalue weighted by Gasteiger charge is 2.56. The third kappa shape index (κ3) is 3.61. The largest absolute Gasteiger partial charge is 0.497 e. The van der Waals surface area contributed by atoms with E-state index in [1.54, 1.807) is 30.9 Å². The maximum atomic E-state index is 5.39. The van der Waals surface area contributed by atoms with E-state index in [2.05, 4.69) is 53.7 Å². The molecule has 198 valence electrons. The van der Waals surface area contributed by atoms with Gasteiger partial charge in [0, 0.05) is 19.6 Å². The van der Waals surface area contributed by atoms with Gasteiger partial charge in [-0.05, 0) is 146 Å². The Bertz CT molecular complexity index is 1180. The lowest BCUT2D eigenvalue weighted by atomic mass is 9.63. The minimum Gasteiger partial charge on any atom is -0.497 e. The minimum absolute atomic E-state index is 0.585. The molecule has 0 radical (unpaired) electrons. The van der Waals surface area contributed by atoms with E-state index in [4.69, 9.17) is 9.47 Å². The number of benzene rings is 2. The Morgan fingerprint density at radius 3 is 2.03 bits per heavy atom. The summed E-state index contributed by atoms with van der Waals surface area (Å²) < 4.78 is 10.7. The lowest BCUT2D eigenvalue weighted by molar-refractivity contribution is 0.189. The number of methoxy groups -OCH3 is 2. The van der Waals surface area contributed by atoms with Gasteiger partial charge in [0.1, 0.15) is 11.5 Å². The SMILES string of the molecule is COc1ccc2c(c1)CCC13CN(C)CC1CCC23.COc1ccc2c(c1)CCC13CNCC1CCC23. The molecule has 2 heterocycles. The highest BCUT2D eigenvalue weighted by atomic mass is 16.5. The molecule has 2 spiro atoms. The van der Waals surface area contributed by atoms with Gasteiger partial charge >= 0.3 is 0 Å². The molecule has 2 saturated carbocycles. The standard InChI is InChI=1S/C17H23NO.C16H21NO/c1-18-10-13-3-6-16-15-5-4-14(19-2)9-12(15)7-8-17(13,16)11-18;1-18-13-3-4-14-11(8-13)6-7-16-10-17-9-12(16)2-5-15(14)16/h4-5,9,13,16H,3,6-8,10-11H2,1-2H3;3-4,8,12,15,17H,2,5-7,9-10H2,1H3. The zero-order valence-electron chi connectivity index (χ0n) is 23.0. The molecular weight excluding hydrogens is 456 g/mol. The van der Waals surface area contributed by atoms with Crippen LogP contribution in [0.3, 0.4) is 0 Å². The maximum absolute atomic E-state index is 5.39. The van der Waals surface area contributed by atoms with Crippen molar-refractivity contribution in [3.63, 3.8) is 0 Å². The van der Waals surface area contributed by atoms with Gasteiger partial charge in [-0.2, -0.15) is 0 Å². The van der Waals surface area contributed by atoms with E-state index in [0.717, 1.165) is 35.2 Å². The number of ether oxygens (including phenoxy) is 2. The number of hydrogen-bond donors (Lipinski definition) is 1. The van der Waals surface area contributed by atoms with Crippen molar-refractivity contribution in [1.29, 1.82) is 0 Å². The molecule has 1 N–H and O–H groups in total. The van der Waals surface area contributed by atoms with Gasteiger partial charge in [0.15, 0.2) is 0 Å². The fourth-order valence-corrected chi connectivity index (χ4v) is 10.1. The minimum atomic E-state index is 0.585. The monoisotopic (exact) mass is 500 g/mol. The van der Waals surface area contributed by atoms with Crippen LogP contribution in [0.1, 0.15) is 72.6 Å². The molecule has 6 atom stereocenters. The van der Waals surface area contributed by atoms with E-state index in [0.29, 0.717) is 10.8 Å². The lowest BCUT2D eigenvalue weighted by Crippen LogP contribution is -2.36. The molecule has 4 aliphatic carbocycles. The number of rotatable bonds is 2. The van der Waals surface area contributed by atoms with Gasteiger partial charge in [0.25, 0.3) is 0 Å². The second-order valence-electron chi connectivity index (χ2n) is 13.1. The highest BCUT2D eigenvalue weighted by molar-refractivity contribution is 5.43. The van der Waals surface area contributed by atoms with Crippen LogP contribution in [0.5, 0.6) is 11.5 Å². The summed E-state index contributed by atoms with van der Waals surface area (Å²) in [6.07, 6.45) is 10.9. The van der Waals surface area contributed by atoms with Crippen LogP contribution in [0, 0.1) is 22.7 Å². The fourth-order valence-electron chi connectivity index (χ4n) is 10.1. The van der Waals surface area contributed by atoms with Crippen LogP contribution >= 0.6 is 0 Å². The summed E-state index contributed by atoms with van der Waals surface area (Å²) in [7, 11) is 5.83. The van der Waals surface area contributed by atoms with E-state index in [-0.39, 0.29) is 0 Å². The van der Waals surface area contributed by atoms with E-state index in [1.807, 2.05) is 0 Å². The van der Waals surface area contributed by atoms with Crippen LogP contribution in [-0.4, -0.2) is 52.3 Å². The van der Waals surface area contributed by atoms with Crippen molar-refractivity contribution in [2.45, 2.75) is 63.2 Å². The van der Waals surface area contributed by atoms with Crippen LogP contribution in [0.15, 0.2) is 36.4 Å². The van der Waals surface area contributed by atoms with Gasteiger partial charge in [-0.15, -0.1) is 0 Å². The molecule has 2 saturated heterocycles. The molecule has 2 aliphatic heterocycles. The van der Waals surface area contributed by atoms with E-state index < -0.39 is 0 Å². The zero-order chi connectivity index (χ0) is 25.2. The predicted octanol–water partition coefficient (Wildman–Crippen LogP) is 5.79. The van der Waals surface area contributed by atoms with Gasteiger partial charge in [0.05, 0.1) is 14.2 Å². The van der Waals surface area contributed by atoms with Gasteiger partial charge in [0.2, 0.25) is 0 Å². The third-order valence-electron chi connectivity index (χ3n) is 11.7. The van der Waals surface area contributed by atoms with Crippen LogP contribution in [-0.2, 0) is 12.8 Å². The zero-order valence-corrected chi connectivity index (χ0v) is 23.0. The lowest BCUT2D eigenvalue weighted by Gasteiger charge is -2.41. The van der Waals surface area contributed by atoms with Gasteiger partial charge < -0.3 is 19.7 Å². The first-order chi connectivity index (χ1) is 18.1. The summed E-state index contributed by atoms with van der Waals surface area (Å²) in [6.45, 7) is 5.13. The summed E-state index contributed by atoms with van der Waals surface area (Å²) in [4.78, 5) is 2.56. The number of aryl methyl sites for hydroxylation is 2. The second kappa shape index (κ2) is 9.02. The van der Waals surface area contributed by atoms with Crippen molar-refractivity contribution < 1.29 is 9.47 Å². The van der Waals surface area contributed by atoms with Gasteiger partial charge in [-0.1, -0.05) is 12.1 Å². The molecule has 4 heteroatoms. The van der Waals surface area contributed by atoms with E-state index in [9.17, 15) is 0 Å². The predicted molar refractivity (Wildman–Crippen MR) is 149 cm³/mol. The number of likely N-dealkylation sites (tertiary alicyclic amines) is 1. The first kappa shape index (κ1) is 24.0. The third-order valence-corrected chi connectivity index (χ3v) is 11.7. The van der Waals surface area contributed by atoms with Crippen molar-refractivity contribution in [2.75, 3.05) is 47.4 Å². The topological polar surface area (TPSA) is 33.7 Å². The Labute approximate surface area is 223 Å². The van der Waals surface area contributed by atoms with Crippen molar-refractivity contribution in [3.8, 4) is 11.5 Å². The van der Waals surface area contributed by atoms with Gasteiger partial charge in [-0.25, -0.2) is 0 Å². The number of fused-ring (bicyclic) bond motifs is 4. The Balaban J connectivity index is 0.000000125. The average molecular weight is 501 g/mol. The van der Waals surface area contributed by atoms with Crippen LogP contribution in [0.4, 0.5) is 0 Å². The first-order valence-electron chi connectivity index (χ1n) is 14.8. The average Bonchev–Trinajstić information content (AvgIpc) is 3.65. The molecule has 37 heavy (non-hydrogen) atoms. The Morgan fingerprint density at radius 1 is 0.784 bits per heavy atom. The van der Waals surface area contributed by atoms with Gasteiger partial charge in [-0.3, -0.25) is 0 Å². The molecule has 2 aromatic rings. The number of hydrogen-bond acceptors (Lipinski definition) is 4. The summed E-state index contributed by atoms with van der Waals surface area (Å²) in [5, 5.41) is 3.64. The Kier molecular flexibility index (Phi) is 5.86. The molecule has 0 bridgehead atoms. The highest BCUT2D eigenvalue weighted by Crippen LogP contribution is 2.62. The summed E-state index contributed by atoms with van der Waals surface area (Å²) in [5.41, 5.74) is 7.51. The van der Waals surface area contributed by atoms with Crippen molar-refractivity contribution >= 4 is 0 Å². The van der Waals surface area contributed by atoms with Crippen LogP contribution in [0.25, 0.3) is 0 Å². The quantitative estimate of drug-likeness (QED) is 0.566. The summed E-state index contributed by atoms with van der Waals surface area (Å²) >= 11 is 0. The molecule has 2 aromatic carbocycles. The summed E-state index contributed by atoms with van der Waals surface area (Å²) in [5.74, 6) is 5.51. The Morgan fingerprint density at radius 2 is 1.38 bits per heavy atom. The number of nitrogens with zero attached hydrogens (tertiary/aromatic N) is 1. The molecule has 4 fully saturated rings.